The van der Waals surface area contributed by atoms with Crippen LogP contribution in [-0.4, -0.2) is 29.0 Å². The zero-order valence-corrected chi connectivity index (χ0v) is 12.9. The number of nitrogens with one attached hydrogen (secondary N) is 1. The number of para-hydroxylation sites is 1. The van der Waals surface area contributed by atoms with Gasteiger partial charge in [-0.25, -0.2) is 4.79 Å². The highest BCUT2D eigenvalue weighted by molar-refractivity contribution is 7.14. The summed E-state index contributed by atoms with van der Waals surface area (Å²) in [6, 6.07) is 7.33. The van der Waals surface area contributed by atoms with Crippen LogP contribution in [0.2, 0.25) is 0 Å². The number of carbonyl (C=O) groups is 3. The number of thiophene rings is 1. The average molecular weight is 334 g/mol. The number of nitrogens with two attached hydrogens (primary N) is 1. The SMILES string of the molecule is C[C@H](OC(=O)c1ccccc1O)C(=O)Nc1sccc1C(N)=O. The molecule has 0 unspecified atom stereocenters. The molecule has 0 saturated heterocycles. The molecular weight excluding hydrogens is 320 g/mol. The third-order valence-electron chi connectivity index (χ3n) is 2.94. The average Bonchev–Trinajstić information content (AvgIpc) is 2.95. The molecule has 0 fully saturated rings. The molecule has 2 rings (SSSR count). The van der Waals surface area contributed by atoms with E-state index in [1.54, 1.807) is 17.5 Å². The third-order valence-corrected chi connectivity index (χ3v) is 3.77. The van der Waals surface area contributed by atoms with E-state index in [9.17, 15) is 19.5 Å². The van der Waals surface area contributed by atoms with E-state index in [1.165, 1.54) is 25.1 Å². The predicted molar refractivity (Wildman–Crippen MR) is 84.5 cm³/mol. The summed E-state index contributed by atoms with van der Waals surface area (Å²) in [6.45, 7) is 1.38. The number of esters is 1. The van der Waals surface area contributed by atoms with E-state index in [1.807, 2.05) is 0 Å². The number of ether oxygens (including phenoxy) is 1. The van der Waals surface area contributed by atoms with Gasteiger partial charge >= 0.3 is 5.97 Å². The van der Waals surface area contributed by atoms with E-state index in [0.717, 1.165) is 11.3 Å². The summed E-state index contributed by atoms with van der Waals surface area (Å²) in [6.07, 6.45) is -1.12. The highest BCUT2D eigenvalue weighted by Gasteiger charge is 2.22. The molecule has 120 valence electrons. The van der Waals surface area contributed by atoms with Gasteiger partial charge in [0.25, 0.3) is 11.8 Å². The number of amides is 2. The lowest BCUT2D eigenvalue weighted by atomic mass is 10.2. The molecule has 1 aromatic heterocycles. The fraction of sp³-hybridized carbons (Fsp3) is 0.133. The van der Waals surface area contributed by atoms with Crippen molar-refractivity contribution in [1.29, 1.82) is 0 Å². The van der Waals surface area contributed by atoms with Crippen molar-refractivity contribution in [2.75, 3.05) is 5.32 Å². The molecule has 0 bridgehead atoms. The maximum absolute atomic E-state index is 12.0. The summed E-state index contributed by atoms with van der Waals surface area (Å²) >= 11 is 1.13. The number of hydrogen-bond donors (Lipinski definition) is 3. The zero-order chi connectivity index (χ0) is 17.0. The van der Waals surface area contributed by atoms with E-state index in [-0.39, 0.29) is 21.9 Å². The number of aromatic hydroxyl groups is 1. The van der Waals surface area contributed by atoms with E-state index >= 15 is 0 Å². The number of hydrogen-bond acceptors (Lipinski definition) is 6. The van der Waals surface area contributed by atoms with Gasteiger partial charge in [0.15, 0.2) is 6.10 Å². The molecule has 8 heteroatoms. The number of carbonyl (C=O) groups excluding carboxylic acids is 3. The van der Waals surface area contributed by atoms with Crippen LogP contribution in [0.1, 0.15) is 27.6 Å². The van der Waals surface area contributed by atoms with Gasteiger partial charge in [0, 0.05) is 0 Å². The van der Waals surface area contributed by atoms with Gasteiger partial charge in [0.2, 0.25) is 0 Å². The minimum atomic E-state index is -1.12. The molecule has 0 saturated carbocycles. The first-order chi connectivity index (χ1) is 10.9. The molecule has 0 spiro atoms. The number of phenolic OH excluding ortho intramolecular Hbond substituents is 1. The molecule has 4 N–H and O–H groups in total. The highest BCUT2D eigenvalue weighted by atomic mass is 32.1. The molecule has 2 amide bonds. The summed E-state index contributed by atoms with van der Waals surface area (Å²) < 4.78 is 5.01. The van der Waals surface area contributed by atoms with Gasteiger partial charge in [0.05, 0.1) is 5.56 Å². The van der Waals surface area contributed by atoms with Crippen LogP contribution < -0.4 is 11.1 Å². The van der Waals surface area contributed by atoms with Crippen LogP contribution in [0.5, 0.6) is 5.75 Å². The summed E-state index contributed by atoms with van der Waals surface area (Å²) in [5.74, 6) is -2.34. The number of phenols is 1. The second kappa shape index (κ2) is 6.93. The number of anilines is 1. The predicted octanol–water partition coefficient (Wildman–Crippen LogP) is 1.74. The van der Waals surface area contributed by atoms with E-state index in [4.69, 9.17) is 10.5 Å². The molecule has 23 heavy (non-hydrogen) atoms. The van der Waals surface area contributed by atoms with Crippen molar-refractivity contribution < 1.29 is 24.2 Å². The molecule has 1 atom stereocenters. The van der Waals surface area contributed by atoms with Crippen molar-refractivity contribution in [3.8, 4) is 5.75 Å². The minimum absolute atomic E-state index is 0.0406. The lowest BCUT2D eigenvalue weighted by molar-refractivity contribution is -0.123. The zero-order valence-electron chi connectivity index (χ0n) is 12.1. The molecule has 0 aliphatic carbocycles. The Morgan fingerprint density at radius 3 is 2.57 bits per heavy atom. The Hall–Kier alpha value is -2.87. The minimum Gasteiger partial charge on any atom is -0.507 e. The van der Waals surface area contributed by atoms with Gasteiger partial charge in [-0.05, 0) is 30.5 Å². The van der Waals surface area contributed by atoms with Crippen molar-refractivity contribution in [2.45, 2.75) is 13.0 Å². The van der Waals surface area contributed by atoms with Crippen LogP contribution >= 0.6 is 11.3 Å². The maximum Gasteiger partial charge on any atom is 0.342 e. The molecule has 0 radical (unpaired) electrons. The Labute approximate surface area is 135 Å². The summed E-state index contributed by atoms with van der Waals surface area (Å²) in [5, 5.41) is 14.0. The number of benzene rings is 1. The normalized spacial score (nSPS) is 11.5. The molecule has 1 heterocycles. The molecule has 1 aromatic carbocycles. The second-order valence-electron chi connectivity index (χ2n) is 4.58. The largest absolute Gasteiger partial charge is 0.507 e. The van der Waals surface area contributed by atoms with Crippen LogP contribution in [0.15, 0.2) is 35.7 Å². The molecular formula is C15H14N2O5S. The van der Waals surface area contributed by atoms with Crippen LogP contribution in [0.25, 0.3) is 0 Å². The van der Waals surface area contributed by atoms with Crippen LogP contribution in [0, 0.1) is 0 Å². The van der Waals surface area contributed by atoms with E-state index in [0.29, 0.717) is 0 Å². The van der Waals surface area contributed by atoms with Crippen LogP contribution in [0.4, 0.5) is 5.00 Å². The van der Waals surface area contributed by atoms with Gasteiger partial charge in [0.1, 0.15) is 16.3 Å². The van der Waals surface area contributed by atoms with Gasteiger partial charge in [-0.2, -0.15) is 0 Å². The molecule has 0 aliphatic heterocycles. The van der Waals surface area contributed by atoms with Gasteiger partial charge < -0.3 is 20.9 Å². The Morgan fingerprint density at radius 2 is 1.91 bits per heavy atom. The first-order valence-electron chi connectivity index (χ1n) is 6.57. The van der Waals surface area contributed by atoms with Crippen LogP contribution in [0.3, 0.4) is 0 Å². The summed E-state index contributed by atoms with van der Waals surface area (Å²) in [7, 11) is 0. The standard InChI is InChI=1S/C15H14N2O5S/c1-8(22-15(21)9-4-2-3-5-11(9)18)13(20)17-14-10(12(16)19)6-7-23-14/h2-8,18H,1H3,(H2,16,19)(H,17,20)/t8-/m0/s1. The molecule has 2 aromatic rings. The van der Waals surface area contributed by atoms with E-state index in [2.05, 4.69) is 5.32 Å². The first-order valence-corrected chi connectivity index (χ1v) is 7.45. The summed E-state index contributed by atoms with van der Waals surface area (Å²) in [4.78, 5) is 35.2. The third kappa shape index (κ3) is 3.86. The topological polar surface area (TPSA) is 119 Å². The van der Waals surface area contributed by atoms with Crippen molar-refractivity contribution in [3.63, 3.8) is 0 Å². The number of primary amides is 1. The van der Waals surface area contributed by atoms with Gasteiger partial charge in [-0.3, -0.25) is 9.59 Å². The Bertz CT molecular complexity index is 756. The highest BCUT2D eigenvalue weighted by Crippen LogP contribution is 2.23. The lowest BCUT2D eigenvalue weighted by Crippen LogP contribution is -2.30. The Balaban J connectivity index is 2.03. The van der Waals surface area contributed by atoms with Gasteiger partial charge in [-0.15, -0.1) is 11.3 Å². The van der Waals surface area contributed by atoms with Crippen molar-refractivity contribution in [2.24, 2.45) is 5.73 Å². The molecule has 7 nitrogen and oxygen atoms in total. The smallest absolute Gasteiger partial charge is 0.342 e. The fourth-order valence-electron chi connectivity index (χ4n) is 1.74. The lowest BCUT2D eigenvalue weighted by Gasteiger charge is -2.13. The van der Waals surface area contributed by atoms with Crippen molar-refractivity contribution in [1.82, 2.24) is 0 Å². The van der Waals surface area contributed by atoms with Crippen molar-refractivity contribution >= 4 is 34.1 Å². The number of rotatable bonds is 5. The van der Waals surface area contributed by atoms with Crippen molar-refractivity contribution in [3.05, 3.63) is 46.8 Å². The van der Waals surface area contributed by atoms with E-state index < -0.39 is 23.9 Å². The Kier molecular flexibility index (Phi) is 4.97. The summed E-state index contributed by atoms with van der Waals surface area (Å²) in [5.41, 5.74) is 5.33. The maximum atomic E-state index is 12.0. The van der Waals surface area contributed by atoms with Crippen LogP contribution in [-0.2, 0) is 9.53 Å². The Morgan fingerprint density at radius 1 is 1.22 bits per heavy atom. The molecule has 0 aliphatic rings. The first kappa shape index (κ1) is 16.5. The second-order valence-corrected chi connectivity index (χ2v) is 5.50. The quantitative estimate of drug-likeness (QED) is 0.720. The van der Waals surface area contributed by atoms with Gasteiger partial charge in [-0.1, -0.05) is 12.1 Å². The fourth-order valence-corrected chi connectivity index (χ4v) is 2.53. The monoisotopic (exact) mass is 334 g/mol.